The van der Waals surface area contributed by atoms with Gasteiger partial charge in [-0.1, -0.05) is 52.0 Å². The van der Waals surface area contributed by atoms with Gasteiger partial charge in [0.1, 0.15) is 12.2 Å². The summed E-state index contributed by atoms with van der Waals surface area (Å²) in [6, 6.07) is 0. The summed E-state index contributed by atoms with van der Waals surface area (Å²) >= 11 is 0. The molecule has 0 aliphatic carbocycles. The van der Waals surface area contributed by atoms with Crippen LogP contribution in [0.25, 0.3) is 0 Å². The van der Waals surface area contributed by atoms with Gasteiger partial charge in [-0.05, 0) is 57.7 Å². The first-order chi connectivity index (χ1) is 20.7. The number of carbonyl (C=O) groups excluding carboxylic acids is 2. The number of hydrogen-bond acceptors (Lipinski definition) is 9. The van der Waals surface area contributed by atoms with Crippen LogP contribution in [-0.2, 0) is 19.0 Å². The van der Waals surface area contributed by atoms with E-state index >= 15 is 0 Å². The number of cyclic esters (lactones) is 1. The van der Waals surface area contributed by atoms with E-state index < -0.39 is 36.0 Å². The third-order valence-corrected chi connectivity index (χ3v) is 9.30. The second-order valence-electron chi connectivity index (χ2n) is 13.5. The summed E-state index contributed by atoms with van der Waals surface area (Å²) < 4.78 is 17.6. The fraction of sp³-hybridized carbons (Fsp3) is 0.765. The number of epoxide rings is 1. The molecular weight excluding hydrogens is 564 g/mol. The van der Waals surface area contributed by atoms with E-state index in [2.05, 4.69) is 4.90 Å². The second kappa shape index (κ2) is 16.4. The summed E-state index contributed by atoms with van der Waals surface area (Å²) in [6.07, 6.45) is 8.14. The fourth-order valence-electron chi connectivity index (χ4n) is 5.98. The Morgan fingerprint density at radius 1 is 1.20 bits per heavy atom. The van der Waals surface area contributed by atoms with E-state index in [1.807, 2.05) is 59.9 Å². The Morgan fingerprint density at radius 2 is 1.89 bits per heavy atom. The van der Waals surface area contributed by atoms with Crippen LogP contribution in [0.1, 0.15) is 73.6 Å². The molecule has 10 unspecified atom stereocenters. The van der Waals surface area contributed by atoms with E-state index in [1.165, 1.54) is 0 Å². The van der Waals surface area contributed by atoms with Crippen LogP contribution in [0.3, 0.4) is 0 Å². The Labute approximate surface area is 263 Å². The number of ether oxygens (including phenoxy) is 3. The molecule has 0 radical (unpaired) electrons. The predicted octanol–water partition coefficient (Wildman–Crippen LogP) is 3.84. The average molecular weight is 621 g/mol. The van der Waals surface area contributed by atoms with Crippen LogP contribution >= 0.6 is 0 Å². The molecule has 10 heteroatoms. The molecule has 0 saturated carbocycles. The van der Waals surface area contributed by atoms with Crippen LogP contribution in [0, 0.1) is 17.8 Å². The van der Waals surface area contributed by atoms with Gasteiger partial charge < -0.3 is 39.3 Å². The summed E-state index contributed by atoms with van der Waals surface area (Å²) in [7, 11) is 2.03. The van der Waals surface area contributed by atoms with E-state index in [0.717, 1.165) is 18.7 Å². The van der Waals surface area contributed by atoms with Crippen LogP contribution in [0.5, 0.6) is 0 Å². The Bertz CT molecular complexity index is 1030. The first-order valence-electron chi connectivity index (χ1n) is 16.3. The van der Waals surface area contributed by atoms with Crippen molar-refractivity contribution in [2.45, 2.75) is 116 Å². The minimum atomic E-state index is -1.12. The van der Waals surface area contributed by atoms with Gasteiger partial charge in [0.15, 0.2) is 0 Å². The monoisotopic (exact) mass is 620 g/mol. The molecule has 250 valence electrons. The van der Waals surface area contributed by atoms with Gasteiger partial charge in [0.25, 0.3) is 0 Å². The molecule has 0 aromatic carbocycles. The lowest BCUT2D eigenvalue weighted by Crippen LogP contribution is -2.48. The summed E-state index contributed by atoms with van der Waals surface area (Å²) in [5, 5.41) is 31.7. The van der Waals surface area contributed by atoms with Gasteiger partial charge >= 0.3 is 12.1 Å². The summed E-state index contributed by atoms with van der Waals surface area (Å²) in [6.45, 7) is 14.3. The van der Waals surface area contributed by atoms with Crippen LogP contribution in [-0.4, -0.2) is 113 Å². The predicted molar refractivity (Wildman–Crippen MR) is 169 cm³/mol. The fourth-order valence-corrected chi connectivity index (χ4v) is 5.98. The number of aliphatic hydroxyl groups excluding tert-OH is 2. The van der Waals surface area contributed by atoms with Crippen molar-refractivity contribution in [1.29, 1.82) is 0 Å². The Morgan fingerprint density at radius 3 is 2.55 bits per heavy atom. The van der Waals surface area contributed by atoms with Crippen LogP contribution in [0.15, 0.2) is 36.0 Å². The molecule has 44 heavy (non-hydrogen) atoms. The van der Waals surface area contributed by atoms with Crippen LogP contribution < -0.4 is 0 Å². The zero-order valence-corrected chi connectivity index (χ0v) is 27.7. The second-order valence-corrected chi connectivity index (χ2v) is 13.5. The van der Waals surface area contributed by atoms with Crippen molar-refractivity contribution in [3.63, 3.8) is 0 Å². The van der Waals surface area contributed by atoms with Gasteiger partial charge in [-0.3, -0.25) is 4.79 Å². The van der Waals surface area contributed by atoms with Crippen molar-refractivity contribution in [1.82, 2.24) is 9.80 Å². The zero-order chi connectivity index (χ0) is 32.6. The topological polar surface area (TPSA) is 132 Å². The van der Waals surface area contributed by atoms with E-state index in [0.29, 0.717) is 38.8 Å². The van der Waals surface area contributed by atoms with Crippen LogP contribution in [0.4, 0.5) is 4.79 Å². The highest BCUT2D eigenvalue weighted by Gasteiger charge is 2.47. The molecule has 2 saturated heterocycles. The SMILES string of the molecule is CCC(O)C(C)C1OC1CC(C)(O)C=CC=C(C)C1OC(=O)CC(O)CCC(C)C(OC(=O)N2CCN(C)CC2)C=CC1C. The van der Waals surface area contributed by atoms with Crippen molar-refractivity contribution < 1.29 is 39.1 Å². The van der Waals surface area contributed by atoms with Gasteiger partial charge in [-0.15, -0.1) is 0 Å². The van der Waals surface area contributed by atoms with E-state index in [1.54, 1.807) is 24.0 Å². The average Bonchev–Trinajstić information content (AvgIpc) is 3.73. The molecule has 3 heterocycles. The molecule has 0 spiro atoms. The van der Waals surface area contributed by atoms with Crippen molar-refractivity contribution in [2.75, 3.05) is 33.2 Å². The third-order valence-electron chi connectivity index (χ3n) is 9.30. The van der Waals surface area contributed by atoms with Crippen molar-refractivity contribution in [3.05, 3.63) is 36.0 Å². The molecule has 3 aliphatic heterocycles. The minimum Gasteiger partial charge on any atom is -0.457 e. The molecule has 3 rings (SSSR count). The van der Waals surface area contributed by atoms with Crippen molar-refractivity contribution in [3.8, 4) is 0 Å². The Balaban J connectivity index is 1.70. The number of amides is 1. The number of rotatable bonds is 9. The summed E-state index contributed by atoms with van der Waals surface area (Å²) in [5.41, 5.74) is -0.350. The van der Waals surface area contributed by atoms with Gasteiger partial charge in [-0.25, -0.2) is 4.79 Å². The van der Waals surface area contributed by atoms with Gasteiger partial charge in [0, 0.05) is 44.4 Å². The van der Waals surface area contributed by atoms with E-state index in [9.17, 15) is 24.9 Å². The highest BCUT2D eigenvalue weighted by molar-refractivity contribution is 5.70. The molecule has 3 aliphatic rings. The maximum absolute atomic E-state index is 13.0. The number of aliphatic hydroxyl groups is 3. The zero-order valence-electron chi connectivity index (χ0n) is 27.7. The standard InChI is InChI=1S/C34H56N2O8/c1-8-27(38)25(5)32-29(42-32)21-34(6,41)15-9-10-23(3)31-24(4)12-14-28(22(2)11-13-26(37)20-30(39)44-31)43-33(40)36-18-16-35(7)17-19-36/h9-10,12,14-15,22,24-29,31-32,37-38,41H,8,11,13,16-21H2,1-7H3. The normalized spacial score (nSPS) is 34.0. The molecule has 0 bridgehead atoms. The first-order valence-corrected chi connectivity index (χ1v) is 16.3. The van der Waals surface area contributed by atoms with Crippen LogP contribution in [0.2, 0.25) is 0 Å². The van der Waals surface area contributed by atoms with Gasteiger partial charge in [0.2, 0.25) is 0 Å². The quantitative estimate of drug-likeness (QED) is 0.152. The van der Waals surface area contributed by atoms with Crippen molar-refractivity contribution in [2.24, 2.45) is 17.8 Å². The van der Waals surface area contributed by atoms with Gasteiger partial charge in [-0.2, -0.15) is 0 Å². The number of hydrogen-bond donors (Lipinski definition) is 3. The Kier molecular flexibility index (Phi) is 13.5. The molecule has 0 aromatic rings. The molecule has 0 aromatic heterocycles. The highest BCUT2D eigenvalue weighted by Crippen LogP contribution is 2.37. The van der Waals surface area contributed by atoms with Crippen molar-refractivity contribution >= 4 is 12.1 Å². The third kappa shape index (κ3) is 11.0. The summed E-state index contributed by atoms with van der Waals surface area (Å²) in [4.78, 5) is 29.7. The minimum absolute atomic E-state index is 0.00801. The number of carbonyl (C=O) groups is 2. The summed E-state index contributed by atoms with van der Waals surface area (Å²) in [5.74, 6) is -0.764. The molecule has 2 fully saturated rings. The number of piperazine rings is 1. The van der Waals surface area contributed by atoms with E-state index in [-0.39, 0.29) is 42.5 Å². The molecule has 1 amide bonds. The maximum Gasteiger partial charge on any atom is 0.410 e. The number of nitrogens with zero attached hydrogens (tertiary/aromatic N) is 2. The molecule has 10 nitrogen and oxygen atoms in total. The maximum atomic E-state index is 13.0. The smallest absolute Gasteiger partial charge is 0.410 e. The number of esters is 1. The molecular formula is C34H56N2O8. The van der Waals surface area contributed by atoms with Gasteiger partial charge in [0.05, 0.1) is 36.4 Å². The first kappa shape index (κ1) is 36.2. The lowest BCUT2D eigenvalue weighted by Gasteiger charge is -2.33. The number of likely N-dealkylation sites (N-methyl/N-ethyl adjacent to an activating group) is 1. The largest absolute Gasteiger partial charge is 0.457 e. The Hall–Kier alpha value is -2.24. The van der Waals surface area contributed by atoms with E-state index in [4.69, 9.17) is 14.2 Å². The number of allylic oxidation sites excluding steroid dienone is 2. The lowest BCUT2D eigenvalue weighted by atomic mass is 9.91. The molecule has 3 N–H and O–H groups in total. The lowest BCUT2D eigenvalue weighted by molar-refractivity contribution is -0.151. The highest BCUT2D eigenvalue weighted by atomic mass is 16.6. The molecule has 10 atom stereocenters.